The maximum Gasteiger partial charge on any atom is 0.300 e. The Labute approximate surface area is 205 Å². The lowest BCUT2D eigenvalue weighted by Gasteiger charge is -2.26. The number of aliphatic hydroxyl groups excluding tert-OH is 1. The van der Waals surface area contributed by atoms with Crippen LogP contribution in [0.5, 0.6) is 5.75 Å². The summed E-state index contributed by atoms with van der Waals surface area (Å²) in [7, 11) is 5.45. The SMILES string of the molecule is COc1ccc(/C(O)=C2/C(=O)C(=O)N(c3ccc(N(C)C)cc3)C2c2ccncc2)cc1C(C)C. The summed E-state index contributed by atoms with van der Waals surface area (Å²) in [6, 6.07) is 15.3. The Balaban J connectivity index is 1.90. The smallest absolute Gasteiger partial charge is 0.300 e. The summed E-state index contributed by atoms with van der Waals surface area (Å²) in [5.74, 6) is -0.816. The van der Waals surface area contributed by atoms with Crippen LogP contribution in [0.3, 0.4) is 0 Å². The van der Waals surface area contributed by atoms with Crippen molar-refractivity contribution in [3.05, 3.63) is 89.3 Å². The van der Waals surface area contributed by atoms with Gasteiger partial charge in [-0.05, 0) is 71.6 Å². The molecule has 0 bridgehead atoms. The van der Waals surface area contributed by atoms with E-state index in [1.54, 1.807) is 55.9 Å². The van der Waals surface area contributed by atoms with E-state index in [1.807, 2.05) is 51.0 Å². The average molecular weight is 472 g/mol. The highest BCUT2D eigenvalue weighted by Crippen LogP contribution is 2.43. The van der Waals surface area contributed by atoms with Crippen LogP contribution in [0.25, 0.3) is 5.76 Å². The maximum atomic E-state index is 13.3. The number of hydrogen-bond acceptors (Lipinski definition) is 6. The van der Waals surface area contributed by atoms with Gasteiger partial charge in [-0.1, -0.05) is 13.8 Å². The largest absolute Gasteiger partial charge is 0.507 e. The summed E-state index contributed by atoms with van der Waals surface area (Å²) in [6.07, 6.45) is 3.21. The second kappa shape index (κ2) is 9.62. The third-order valence-electron chi connectivity index (χ3n) is 6.24. The Morgan fingerprint density at radius 2 is 1.69 bits per heavy atom. The number of rotatable bonds is 6. The quantitative estimate of drug-likeness (QED) is 0.313. The van der Waals surface area contributed by atoms with Crippen molar-refractivity contribution < 1.29 is 19.4 Å². The van der Waals surface area contributed by atoms with Gasteiger partial charge in [0, 0.05) is 43.4 Å². The van der Waals surface area contributed by atoms with Gasteiger partial charge >= 0.3 is 0 Å². The van der Waals surface area contributed by atoms with E-state index in [4.69, 9.17) is 4.74 Å². The molecule has 1 aromatic heterocycles. The molecule has 0 radical (unpaired) electrons. The first-order valence-corrected chi connectivity index (χ1v) is 11.4. The molecule has 7 heteroatoms. The number of ether oxygens (including phenoxy) is 1. The van der Waals surface area contributed by atoms with Crippen LogP contribution >= 0.6 is 0 Å². The number of nitrogens with zero attached hydrogens (tertiary/aromatic N) is 3. The van der Waals surface area contributed by atoms with Crippen molar-refractivity contribution in [1.29, 1.82) is 0 Å². The standard InChI is InChI=1S/C28H29N3O4/c1-17(2)22-16-19(6-11-23(22)35-5)26(32)24-25(18-12-14-29-15-13-18)31(28(34)27(24)33)21-9-7-20(8-10-21)30(3)4/h6-17,25,32H,1-5H3/b26-24-. The molecule has 1 aliphatic heterocycles. The van der Waals surface area contributed by atoms with Crippen molar-refractivity contribution in [2.45, 2.75) is 25.8 Å². The fourth-order valence-corrected chi connectivity index (χ4v) is 4.36. The summed E-state index contributed by atoms with van der Waals surface area (Å²) in [5.41, 5.74) is 3.59. The number of carbonyl (C=O) groups is 2. The molecule has 1 atom stereocenters. The minimum atomic E-state index is -0.798. The first-order valence-electron chi connectivity index (χ1n) is 11.4. The lowest BCUT2D eigenvalue weighted by molar-refractivity contribution is -0.132. The fourth-order valence-electron chi connectivity index (χ4n) is 4.36. The number of Topliss-reactive ketones (excluding diaryl/α,β-unsaturated/α-hetero) is 1. The summed E-state index contributed by atoms with van der Waals surface area (Å²) >= 11 is 0. The third-order valence-corrected chi connectivity index (χ3v) is 6.24. The second-order valence-electron chi connectivity index (χ2n) is 8.97. The van der Waals surface area contributed by atoms with E-state index in [-0.39, 0.29) is 17.3 Å². The molecule has 0 aliphatic carbocycles. The van der Waals surface area contributed by atoms with Gasteiger partial charge in [-0.25, -0.2) is 0 Å². The highest BCUT2D eigenvalue weighted by molar-refractivity contribution is 6.51. The molecule has 1 aliphatic rings. The van der Waals surface area contributed by atoms with Crippen LogP contribution in [-0.4, -0.2) is 43.0 Å². The molecular weight excluding hydrogens is 442 g/mol. The van der Waals surface area contributed by atoms with E-state index in [1.165, 1.54) is 4.90 Å². The Morgan fingerprint density at radius 3 is 2.26 bits per heavy atom. The maximum absolute atomic E-state index is 13.3. The minimum absolute atomic E-state index is 0.0396. The van der Waals surface area contributed by atoms with E-state index in [9.17, 15) is 14.7 Å². The van der Waals surface area contributed by atoms with Gasteiger partial charge in [0.15, 0.2) is 0 Å². The van der Waals surface area contributed by atoms with Crippen molar-refractivity contribution in [3.63, 3.8) is 0 Å². The average Bonchev–Trinajstić information content (AvgIpc) is 3.14. The summed E-state index contributed by atoms with van der Waals surface area (Å²) in [4.78, 5) is 34.1. The van der Waals surface area contributed by atoms with Gasteiger partial charge in [-0.2, -0.15) is 0 Å². The van der Waals surface area contributed by atoms with Crippen molar-refractivity contribution >= 4 is 28.8 Å². The van der Waals surface area contributed by atoms with Gasteiger partial charge in [0.1, 0.15) is 11.5 Å². The molecule has 0 saturated carbocycles. The highest BCUT2D eigenvalue weighted by atomic mass is 16.5. The fraction of sp³-hybridized carbons (Fsp3) is 0.250. The van der Waals surface area contributed by atoms with Crippen LogP contribution < -0.4 is 14.5 Å². The van der Waals surface area contributed by atoms with Crippen molar-refractivity contribution in [2.75, 3.05) is 31.0 Å². The van der Waals surface area contributed by atoms with Crippen LogP contribution in [0.4, 0.5) is 11.4 Å². The lowest BCUT2D eigenvalue weighted by Crippen LogP contribution is -2.29. The Hall–Kier alpha value is -4.13. The zero-order valence-corrected chi connectivity index (χ0v) is 20.5. The van der Waals surface area contributed by atoms with Crippen LogP contribution in [0.1, 0.15) is 42.5 Å². The van der Waals surface area contributed by atoms with E-state index in [2.05, 4.69) is 4.98 Å². The molecule has 1 unspecified atom stereocenters. The second-order valence-corrected chi connectivity index (χ2v) is 8.97. The molecule has 2 aromatic carbocycles. The van der Waals surface area contributed by atoms with E-state index in [0.29, 0.717) is 22.6 Å². The molecule has 7 nitrogen and oxygen atoms in total. The van der Waals surface area contributed by atoms with Crippen molar-refractivity contribution in [1.82, 2.24) is 4.98 Å². The summed E-state index contributed by atoms with van der Waals surface area (Å²) < 4.78 is 5.46. The van der Waals surface area contributed by atoms with Gasteiger partial charge < -0.3 is 14.7 Å². The number of pyridine rings is 1. The Bertz CT molecular complexity index is 1280. The molecule has 35 heavy (non-hydrogen) atoms. The molecule has 1 saturated heterocycles. The monoisotopic (exact) mass is 471 g/mol. The molecule has 2 heterocycles. The van der Waals surface area contributed by atoms with Gasteiger partial charge in [0.2, 0.25) is 0 Å². The number of hydrogen-bond donors (Lipinski definition) is 1. The summed E-state index contributed by atoms with van der Waals surface area (Å²) in [6.45, 7) is 4.05. The normalized spacial score (nSPS) is 17.2. The summed E-state index contributed by atoms with van der Waals surface area (Å²) in [5, 5.41) is 11.4. The van der Waals surface area contributed by atoms with Crippen LogP contribution in [0.2, 0.25) is 0 Å². The van der Waals surface area contributed by atoms with Gasteiger partial charge in [0.05, 0.1) is 18.7 Å². The molecule has 0 spiro atoms. The lowest BCUT2D eigenvalue weighted by atomic mass is 9.93. The number of aliphatic hydroxyl groups is 1. The topological polar surface area (TPSA) is 83.0 Å². The van der Waals surface area contributed by atoms with Crippen molar-refractivity contribution in [3.8, 4) is 5.75 Å². The first-order chi connectivity index (χ1) is 16.7. The molecule has 3 aromatic rings. The molecular formula is C28H29N3O4. The number of carbonyl (C=O) groups excluding carboxylic acids is 2. The zero-order chi connectivity index (χ0) is 25.3. The molecule has 1 N–H and O–H groups in total. The van der Waals surface area contributed by atoms with Gasteiger partial charge in [-0.3, -0.25) is 19.5 Å². The predicted octanol–water partition coefficient (Wildman–Crippen LogP) is 4.91. The van der Waals surface area contributed by atoms with Crippen LogP contribution in [-0.2, 0) is 9.59 Å². The van der Waals surface area contributed by atoms with E-state index >= 15 is 0 Å². The van der Waals surface area contributed by atoms with E-state index in [0.717, 1.165) is 11.3 Å². The third kappa shape index (κ3) is 4.37. The minimum Gasteiger partial charge on any atom is -0.507 e. The number of amides is 1. The molecule has 180 valence electrons. The number of ketones is 1. The van der Waals surface area contributed by atoms with Crippen LogP contribution in [0.15, 0.2) is 72.6 Å². The first kappa shape index (κ1) is 24.0. The Morgan fingerprint density at radius 1 is 1.03 bits per heavy atom. The van der Waals surface area contributed by atoms with Gasteiger partial charge in [0.25, 0.3) is 11.7 Å². The molecule has 4 rings (SSSR count). The molecule has 1 amide bonds. The number of aromatic nitrogens is 1. The number of benzene rings is 2. The Kier molecular flexibility index (Phi) is 6.60. The zero-order valence-electron chi connectivity index (χ0n) is 20.5. The predicted molar refractivity (Wildman–Crippen MR) is 137 cm³/mol. The molecule has 1 fully saturated rings. The highest BCUT2D eigenvalue weighted by Gasteiger charge is 2.47. The number of methoxy groups -OCH3 is 1. The van der Waals surface area contributed by atoms with Crippen molar-refractivity contribution in [2.24, 2.45) is 0 Å². The van der Waals surface area contributed by atoms with E-state index < -0.39 is 17.7 Å². The van der Waals surface area contributed by atoms with Gasteiger partial charge in [-0.15, -0.1) is 0 Å². The number of anilines is 2. The van der Waals surface area contributed by atoms with Crippen LogP contribution in [0, 0.1) is 0 Å².